The van der Waals surface area contributed by atoms with Gasteiger partial charge in [-0.15, -0.1) is 0 Å². The second kappa shape index (κ2) is 6.08. The van der Waals surface area contributed by atoms with Crippen molar-refractivity contribution in [3.63, 3.8) is 0 Å². The van der Waals surface area contributed by atoms with Crippen LogP contribution in [0, 0.1) is 11.8 Å². The first-order valence-electron chi connectivity index (χ1n) is 7.12. The van der Waals surface area contributed by atoms with E-state index in [4.69, 9.17) is 11.6 Å². The van der Waals surface area contributed by atoms with Crippen LogP contribution in [0.4, 0.5) is 0 Å². The molecule has 100 valence electrons. The van der Waals surface area contributed by atoms with E-state index in [2.05, 4.69) is 38.2 Å². The minimum Gasteiger partial charge on any atom is -0.313 e. The van der Waals surface area contributed by atoms with E-state index in [9.17, 15) is 0 Å². The summed E-state index contributed by atoms with van der Waals surface area (Å²) in [5, 5.41) is 4.51. The Hall–Kier alpha value is -0.530. The van der Waals surface area contributed by atoms with Crippen LogP contribution in [0.1, 0.15) is 45.1 Å². The maximum atomic E-state index is 6.00. The molecular formula is C16H24ClN. The van der Waals surface area contributed by atoms with E-state index in [1.165, 1.54) is 18.4 Å². The number of halogens is 1. The normalized spacial score (nSPS) is 18.9. The van der Waals surface area contributed by atoms with E-state index in [0.29, 0.717) is 17.9 Å². The molecule has 1 aliphatic carbocycles. The Kier molecular flexibility index (Phi) is 4.69. The van der Waals surface area contributed by atoms with Crippen LogP contribution in [0.5, 0.6) is 0 Å². The highest BCUT2D eigenvalue weighted by Crippen LogP contribution is 2.46. The molecule has 0 radical (unpaired) electrons. The largest absolute Gasteiger partial charge is 0.313 e. The lowest BCUT2D eigenvalue weighted by molar-refractivity contribution is 0.324. The SMILES string of the molecule is CCNC(C(C)C)C(c1ccc(Cl)cc1)C1CC1. The first kappa shape index (κ1) is 13.9. The predicted octanol–water partition coefficient (Wildman–Crippen LogP) is 4.47. The molecule has 0 amide bonds. The number of hydrogen-bond donors (Lipinski definition) is 1. The minimum absolute atomic E-state index is 0.573. The van der Waals surface area contributed by atoms with Crippen LogP contribution < -0.4 is 5.32 Å². The summed E-state index contributed by atoms with van der Waals surface area (Å²) < 4.78 is 0. The van der Waals surface area contributed by atoms with Crippen LogP contribution in [0.2, 0.25) is 5.02 Å². The average Bonchev–Trinajstić information content (AvgIpc) is 3.15. The van der Waals surface area contributed by atoms with Gasteiger partial charge in [0.2, 0.25) is 0 Å². The van der Waals surface area contributed by atoms with Crippen LogP contribution in [0.15, 0.2) is 24.3 Å². The highest BCUT2D eigenvalue weighted by Gasteiger charge is 2.38. The quantitative estimate of drug-likeness (QED) is 0.800. The fourth-order valence-electron chi connectivity index (χ4n) is 2.93. The lowest BCUT2D eigenvalue weighted by Gasteiger charge is -2.31. The number of nitrogens with one attached hydrogen (secondary N) is 1. The molecule has 1 aromatic carbocycles. The Morgan fingerprint density at radius 2 is 1.83 bits per heavy atom. The first-order chi connectivity index (χ1) is 8.63. The molecule has 2 rings (SSSR count). The summed E-state index contributed by atoms with van der Waals surface area (Å²) in [6.45, 7) is 7.87. The van der Waals surface area contributed by atoms with Crippen molar-refractivity contribution in [3.8, 4) is 0 Å². The summed E-state index contributed by atoms with van der Waals surface area (Å²) in [5.41, 5.74) is 1.45. The molecule has 1 fully saturated rings. The Balaban J connectivity index is 2.23. The van der Waals surface area contributed by atoms with Crippen molar-refractivity contribution >= 4 is 11.6 Å². The summed E-state index contributed by atoms with van der Waals surface area (Å²) in [5.74, 6) is 2.16. The molecule has 0 aliphatic heterocycles. The standard InChI is InChI=1S/C16H24ClN/c1-4-18-16(11(2)3)15(12-5-6-12)13-7-9-14(17)10-8-13/h7-12,15-16,18H,4-6H2,1-3H3. The Bertz CT molecular complexity index is 367. The third-order valence-corrected chi connectivity index (χ3v) is 4.18. The van der Waals surface area contributed by atoms with Crippen molar-refractivity contribution in [1.82, 2.24) is 5.32 Å². The van der Waals surface area contributed by atoms with Gasteiger partial charge in [-0.2, -0.15) is 0 Å². The molecule has 0 aromatic heterocycles. The van der Waals surface area contributed by atoms with Gasteiger partial charge in [-0.25, -0.2) is 0 Å². The molecule has 18 heavy (non-hydrogen) atoms. The zero-order valence-corrected chi connectivity index (χ0v) is 12.4. The molecule has 1 saturated carbocycles. The summed E-state index contributed by atoms with van der Waals surface area (Å²) in [6, 6.07) is 9.03. The zero-order chi connectivity index (χ0) is 13.1. The maximum absolute atomic E-state index is 6.00. The Labute approximate surface area is 116 Å². The minimum atomic E-state index is 0.573. The molecule has 0 heterocycles. The van der Waals surface area contributed by atoms with Crippen LogP contribution in [-0.2, 0) is 0 Å². The van der Waals surface area contributed by atoms with Crippen LogP contribution in [-0.4, -0.2) is 12.6 Å². The highest BCUT2D eigenvalue weighted by atomic mass is 35.5. The summed E-state index contributed by atoms with van der Waals surface area (Å²) in [4.78, 5) is 0. The summed E-state index contributed by atoms with van der Waals surface area (Å²) in [6.07, 6.45) is 2.75. The smallest absolute Gasteiger partial charge is 0.0406 e. The predicted molar refractivity (Wildman–Crippen MR) is 79.2 cm³/mol. The molecule has 0 bridgehead atoms. The number of likely N-dealkylation sites (N-methyl/N-ethyl adjacent to an activating group) is 1. The van der Waals surface area contributed by atoms with Gasteiger partial charge in [-0.1, -0.05) is 44.5 Å². The highest BCUT2D eigenvalue weighted by molar-refractivity contribution is 6.30. The monoisotopic (exact) mass is 265 g/mol. The van der Waals surface area contributed by atoms with Crippen LogP contribution >= 0.6 is 11.6 Å². The van der Waals surface area contributed by atoms with Crippen LogP contribution in [0.25, 0.3) is 0 Å². The third kappa shape index (κ3) is 3.27. The topological polar surface area (TPSA) is 12.0 Å². The molecule has 0 spiro atoms. The van der Waals surface area contributed by atoms with Gasteiger partial charge in [0, 0.05) is 17.0 Å². The van der Waals surface area contributed by atoms with Gasteiger partial charge in [-0.3, -0.25) is 0 Å². The first-order valence-corrected chi connectivity index (χ1v) is 7.50. The van der Waals surface area contributed by atoms with E-state index in [1.54, 1.807) is 0 Å². The molecule has 0 saturated heterocycles. The second-order valence-electron chi connectivity index (χ2n) is 5.74. The van der Waals surface area contributed by atoms with E-state index in [-0.39, 0.29) is 0 Å². The van der Waals surface area contributed by atoms with Crippen molar-refractivity contribution in [2.75, 3.05) is 6.54 Å². The fourth-order valence-corrected chi connectivity index (χ4v) is 3.05. The molecular weight excluding hydrogens is 242 g/mol. The number of rotatable bonds is 6. The third-order valence-electron chi connectivity index (χ3n) is 3.93. The molecule has 1 aliphatic rings. The van der Waals surface area contributed by atoms with Crippen molar-refractivity contribution in [2.45, 2.75) is 45.6 Å². The number of benzene rings is 1. The van der Waals surface area contributed by atoms with Crippen molar-refractivity contribution < 1.29 is 0 Å². The zero-order valence-electron chi connectivity index (χ0n) is 11.6. The molecule has 1 N–H and O–H groups in total. The van der Waals surface area contributed by atoms with Crippen molar-refractivity contribution in [2.24, 2.45) is 11.8 Å². The van der Waals surface area contributed by atoms with Gasteiger partial charge in [0.25, 0.3) is 0 Å². The van der Waals surface area contributed by atoms with Crippen molar-refractivity contribution in [1.29, 1.82) is 0 Å². The lowest BCUT2D eigenvalue weighted by Crippen LogP contribution is -2.40. The van der Waals surface area contributed by atoms with E-state index < -0.39 is 0 Å². The van der Waals surface area contributed by atoms with Gasteiger partial charge in [0.15, 0.2) is 0 Å². The number of hydrogen-bond acceptors (Lipinski definition) is 1. The summed E-state index contributed by atoms with van der Waals surface area (Å²) in [7, 11) is 0. The van der Waals surface area contributed by atoms with E-state index in [1.807, 2.05) is 12.1 Å². The fraction of sp³-hybridized carbons (Fsp3) is 0.625. The van der Waals surface area contributed by atoms with Gasteiger partial charge >= 0.3 is 0 Å². The lowest BCUT2D eigenvalue weighted by atomic mass is 9.81. The van der Waals surface area contributed by atoms with Crippen LogP contribution in [0.3, 0.4) is 0 Å². The van der Waals surface area contributed by atoms with E-state index >= 15 is 0 Å². The second-order valence-corrected chi connectivity index (χ2v) is 6.18. The van der Waals surface area contributed by atoms with Gasteiger partial charge in [0.05, 0.1) is 0 Å². The Morgan fingerprint density at radius 3 is 2.28 bits per heavy atom. The molecule has 2 atom stereocenters. The van der Waals surface area contributed by atoms with Gasteiger partial charge in [0.1, 0.15) is 0 Å². The maximum Gasteiger partial charge on any atom is 0.0406 e. The van der Waals surface area contributed by atoms with Crippen molar-refractivity contribution in [3.05, 3.63) is 34.9 Å². The van der Waals surface area contributed by atoms with Gasteiger partial charge < -0.3 is 5.32 Å². The average molecular weight is 266 g/mol. The van der Waals surface area contributed by atoms with E-state index in [0.717, 1.165) is 17.5 Å². The van der Waals surface area contributed by atoms with Gasteiger partial charge in [-0.05, 0) is 48.9 Å². The molecule has 1 aromatic rings. The molecule has 2 unspecified atom stereocenters. The Morgan fingerprint density at radius 1 is 1.22 bits per heavy atom. The molecule has 2 heteroatoms. The summed E-state index contributed by atoms with van der Waals surface area (Å²) >= 11 is 6.00. The molecule has 1 nitrogen and oxygen atoms in total.